The van der Waals surface area contributed by atoms with Crippen LogP contribution in [0.25, 0.3) is 10.2 Å². The number of fused-ring (bicyclic) bond motifs is 3. The van der Waals surface area contributed by atoms with Gasteiger partial charge in [0.1, 0.15) is 17.0 Å². The lowest BCUT2D eigenvalue weighted by atomic mass is 10.0. The highest BCUT2D eigenvalue weighted by Crippen LogP contribution is 2.38. The van der Waals surface area contributed by atoms with Gasteiger partial charge in [-0.2, -0.15) is 0 Å². The molecular formula is C27H27N5OS. The second kappa shape index (κ2) is 10.1. The first kappa shape index (κ1) is 22.1. The number of nitrogens with one attached hydrogen (secondary N) is 2. The van der Waals surface area contributed by atoms with Crippen LogP contribution in [0.15, 0.2) is 79.1 Å². The quantitative estimate of drug-likeness (QED) is 0.354. The van der Waals surface area contributed by atoms with E-state index in [-0.39, 0.29) is 11.9 Å². The van der Waals surface area contributed by atoms with E-state index in [1.165, 1.54) is 16.0 Å². The number of para-hydroxylation sites is 1. The monoisotopic (exact) mass is 469 g/mol. The summed E-state index contributed by atoms with van der Waals surface area (Å²) in [7, 11) is 0. The van der Waals surface area contributed by atoms with Crippen LogP contribution in [0.4, 0.5) is 11.5 Å². The van der Waals surface area contributed by atoms with E-state index in [2.05, 4.69) is 39.7 Å². The third-order valence-corrected chi connectivity index (χ3v) is 7.18. The fraction of sp³-hybridized carbons (Fsp3) is 0.222. The summed E-state index contributed by atoms with van der Waals surface area (Å²) in [4.78, 5) is 25.9. The van der Waals surface area contributed by atoms with Crippen LogP contribution in [0.1, 0.15) is 29.0 Å². The van der Waals surface area contributed by atoms with Crippen molar-refractivity contribution in [3.05, 3.63) is 95.1 Å². The van der Waals surface area contributed by atoms with Gasteiger partial charge in [0.25, 0.3) is 0 Å². The van der Waals surface area contributed by atoms with Crippen molar-refractivity contribution in [2.24, 2.45) is 0 Å². The van der Waals surface area contributed by atoms with Gasteiger partial charge in [-0.1, -0.05) is 54.6 Å². The highest BCUT2D eigenvalue weighted by molar-refractivity contribution is 7.19. The van der Waals surface area contributed by atoms with Gasteiger partial charge in [-0.15, -0.1) is 11.3 Å². The number of anilines is 2. The number of aromatic nitrogens is 2. The van der Waals surface area contributed by atoms with Crippen LogP contribution in [0.3, 0.4) is 0 Å². The Bertz CT molecular complexity index is 1300. The lowest BCUT2D eigenvalue weighted by Gasteiger charge is -2.26. The van der Waals surface area contributed by atoms with Crippen LogP contribution in [-0.2, 0) is 17.8 Å². The van der Waals surface area contributed by atoms with Crippen molar-refractivity contribution >= 4 is 39.0 Å². The van der Waals surface area contributed by atoms with Crippen molar-refractivity contribution in [3.8, 4) is 0 Å². The molecule has 34 heavy (non-hydrogen) atoms. The molecule has 0 aliphatic carbocycles. The van der Waals surface area contributed by atoms with Gasteiger partial charge in [-0.25, -0.2) is 9.97 Å². The van der Waals surface area contributed by atoms with Gasteiger partial charge < -0.3 is 15.5 Å². The van der Waals surface area contributed by atoms with E-state index in [0.717, 1.165) is 28.1 Å². The molecule has 172 valence electrons. The lowest BCUT2D eigenvalue weighted by Crippen LogP contribution is -2.34. The minimum atomic E-state index is 0.0418. The largest absolute Gasteiger partial charge is 0.382 e. The van der Waals surface area contributed by atoms with E-state index in [0.29, 0.717) is 19.6 Å². The Labute approximate surface area is 203 Å². The summed E-state index contributed by atoms with van der Waals surface area (Å²) >= 11 is 1.66. The number of hydrogen-bond acceptors (Lipinski definition) is 6. The van der Waals surface area contributed by atoms with Gasteiger partial charge in [-0.3, -0.25) is 4.79 Å². The fourth-order valence-electron chi connectivity index (χ4n) is 4.25. The molecule has 1 unspecified atom stereocenters. The van der Waals surface area contributed by atoms with Crippen molar-refractivity contribution in [3.63, 3.8) is 0 Å². The topological polar surface area (TPSA) is 70.2 Å². The highest BCUT2D eigenvalue weighted by atomic mass is 32.1. The van der Waals surface area contributed by atoms with E-state index in [1.54, 1.807) is 23.7 Å². The summed E-state index contributed by atoms with van der Waals surface area (Å²) < 4.78 is 0. The molecule has 5 rings (SSSR count). The number of thiophene rings is 1. The first-order chi connectivity index (χ1) is 16.7. The van der Waals surface area contributed by atoms with E-state index in [1.807, 2.05) is 59.5 Å². The molecule has 6 nitrogen and oxygen atoms in total. The zero-order valence-electron chi connectivity index (χ0n) is 19.1. The molecule has 0 fully saturated rings. The Balaban J connectivity index is 1.27. The van der Waals surface area contributed by atoms with Crippen molar-refractivity contribution in [1.82, 2.24) is 14.9 Å². The van der Waals surface area contributed by atoms with Crippen molar-refractivity contribution < 1.29 is 4.79 Å². The second-order valence-corrected chi connectivity index (χ2v) is 9.43. The molecule has 1 amide bonds. The molecule has 0 saturated carbocycles. The Hall–Kier alpha value is -3.71. The first-order valence-corrected chi connectivity index (χ1v) is 12.3. The smallest absolute Gasteiger partial charge is 0.246 e. The standard InChI is InChI=1S/C27H27N5OS/c1-19(20-9-4-2-5-10-20)31-26-25-22-14-16-32(17-23(22)34-27(25)30-18-29-26)24(33)13-8-15-28-21-11-6-3-7-12-21/h2-13,18-19,28H,14-17H2,1H3,(H,29,30,31). The molecule has 2 aromatic carbocycles. The van der Waals surface area contributed by atoms with Gasteiger partial charge in [-0.05, 0) is 36.6 Å². The molecular weight excluding hydrogens is 442 g/mol. The minimum Gasteiger partial charge on any atom is -0.382 e. The fourth-order valence-corrected chi connectivity index (χ4v) is 5.46. The summed E-state index contributed by atoms with van der Waals surface area (Å²) in [6.07, 6.45) is 5.98. The maximum Gasteiger partial charge on any atom is 0.246 e. The zero-order valence-corrected chi connectivity index (χ0v) is 19.9. The average molecular weight is 470 g/mol. The van der Waals surface area contributed by atoms with Crippen molar-refractivity contribution in [2.45, 2.75) is 25.9 Å². The average Bonchev–Trinajstić information content (AvgIpc) is 3.26. The summed E-state index contributed by atoms with van der Waals surface area (Å²) in [5.41, 5.74) is 3.52. The van der Waals surface area contributed by atoms with Gasteiger partial charge in [0.15, 0.2) is 0 Å². The van der Waals surface area contributed by atoms with E-state index in [9.17, 15) is 4.79 Å². The maximum atomic E-state index is 12.8. The molecule has 2 aromatic heterocycles. The first-order valence-electron chi connectivity index (χ1n) is 11.5. The number of benzene rings is 2. The maximum absolute atomic E-state index is 12.8. The number of carbonyl (C=O) groups is 1. The normalized spacial score (nSPS) is 14.2. The number of rotatable bonds is 7. The molecule has 4 aromatic rings. The SMILES string of the molecule is CC(Nc1ncnc2sc3c(c12)CCN(C(=O)C=CCNc1ccccc1)C3)c1ccccc1. The molecule has 1 atom stereocenters. The van der Waals surface area contributed by atoms with E-state index in [4.69, 9.17) is 0 Å². The van der Waals surface area contributed by atoms with E-state index < -0.39 is 0 Å². The molecule has 0 saturated heterocycles. The molecule has 7 heteroatoms. The third-order valence-electron chi connectivity index (χ3n) is 6.06. The van der Waals surface area contributed by atoms with Crippen molar-refractivity contribution in [1.29, 1.82) is 0 Å². The van der Waals surface area contributed by atoms with Crippen LogP contribution in [0.2, 0.25) is 0 Å². The Morgan fingerprint density at radius 3 is 2.68 bits per heavy atom. The molecule has 0 bridgehead atoms. The molecule has 0 radical (unpaired) electrons. The number of hydrogen-bond donors (Lipinski definition) is 2. The van der Waals surface area contributed by atoms with Crippen LogP contribution in [0.5, 0.6) is 0 Å². The summed E-state index contributed by atoms with van der Waals surface area (Å²) in [6, 6.07) is 20.5. The van der Waals surface area contributed by atoms with Gasteiger partial charge in [0.05, 0.1) is 11.9 Å². The summed E-state index contributed by atoms with van der Waals surface area (Å²) in [5.74, 6) is 0.908. The Morgan fingerprint density at radius 1 is 1.12 bits per heavy atom. The number of amides is 1. The Kier molecular flexibility index (Phi) is 6.53. The lowest BCUT2D eigenvalue weighted by molar-refractivity contribution is -0.126. The predicted octanol–water partition coefficient (Wildman–Crippen LogP) is 5.42. The Morgan fingerprint density at radius 2 is 1.88 bits per heavy atom. The van der Waals surface area contributed by atoms with Crippen LogP contribution in [-0.4, -0.2) is 33.9 Å². The molecule has 1 aliphatic heterocycles. The van der Waals surface area contributed by atoms with Crippen LogP contribution >= 0.6 is 11.3 Å². The van der Waals surface area contributed by atoms with Gasteiger partial charge in [0, 0.05) is 35.8 Å². The predicted molar refractivity (Wildman–Crippen MR) is 139 cm³/mol. The number of carbonyl (C=O) groups excluding carboxylic acids is 1. The minimum absolute atomic E-state index is 0.0418. The molecule has 2 N–H and O–H groups in total. The van der Waals surface area contributed by atoms with Crippen LogP contribution in [0, 0.1) is 0 Å². The molecule has 3 heterocycles. The highest BCUT2D eigenvalue weighted by Gasteiger charge is 2.25. The number of nitrogens with zero attached hydrogens (tertiary/aromatic N) is 3. The molecule has 0 spiro atoms. The third kappa shape index (κ3) is 4.79. The zero-order chi connectivity index (χ0) is 23.3. The van der Waals surface area contributed by atoms with Crippen LogP contribution < -0.4 is 10.6 Å². The summed E-state index contributed by atoms with van der Waals surface area (Å²) in [5, 5.41) is 7.97. The molecule has 1 aliphatic rings. The van der Waals surface area contributed by atoms with Gasteiger partial charge in [0.2, 0.25) is 5.91 Å². The van der Waals surface area contributed by atoms with Crippen molar-refractivity contribution in [2.75, 3.05) is 23.7 Å². The van der Waals surface area contributed by atoms with Gasteiger partial charge >= 0.3 is 0 Å². The van der Waals surface area contributed by atoms with E-state index >= 15 is 0 Å². The summed E-state index contributed by atoms with van der Waals surface area (Å²) in [6.45, 7) is 4.06. The second-order valence-electron chi connectivity index (χ2n) is 8.34.